The molecule has 114 valence electrons. The van der Waals surface area contributed by atoms with Crippen LogP contribution in [0.1, 0.15) is 90.9 Å². The Morgan fingerprint density at radius 3 is 2.55 bits per heavy atom. The van der Waals surface area contributed by atoms with Gasteiger partial charge in [-0.3, -0.25) is 0 Å². The topological polar surface area (TPSA) is 23.8 Å². The maximum Gasteiger partial charge on any atom is 0.0692 e. The molecule has 2 aliphatic carbocycles. The molecule has 2 rings (SSSR count). The Kier molecular flexibility index (Phi) is 5.94. The van der Waals surface area contributed by atoms with E-state index < -0.39 is 0 Å². The van der Waals surface area contributed by atoms with E-state index in [2.05, 4.69) is 19.9 Å². The maximum absolute atomic E-state index is 9.81. The van der Waals surface area contributed by atoms with Gasteiger partial charge in [-0.2, -0.15) is 5.26 Å². The van der Waals surface area contributed by atoms with Gasteiger partial charge in [0.25, 0.3) is 0 Å². The lowest BCUT2D eigenvalue weighted by atomic mass is 9.55. The molecule has 20 heavy (non-hydrogen) atoms. The molecule has 0 spiro atoms. The van der Waals surface area contributed by atoms with Crippen molar-refractivity contribution in [3.63, 3.8) is 0 Å². The summed E-state index contributed by atoms with van der Waals surface area (Å²) >= 11 is 0. The third kappa shape index (κ3) is 3.57. The Morgan fingerprint density at radius 1 is 1.00 bits per heavy atom. The number of hydrogen-bond acceptors (Lipinski definition) is 1. The van der Waals surface area contributed by atoms with Crippen LogP contribution in [-0.4, -0.2) is 0 Å². The van der Waals surface area contributed by atoms with Crippen LogP contribution in [-0.2, 0) is 0 Å². The first kappa shape index (κ1) is 15.9. The van der Waals surface area contributed by atoms with E-state index in [1.165, 1.54) is 77.0 Å². The SMILES string of the molecule is CCCCCC1CCC2(C#N)C[C@H](CCC)CC[C@@H]2C1. The fourth-order valence-electron chi connectivity index (χ4n) is 4.92. The van der Waals surface area contributed by atoms with Crippen LogP contribution in [0.15, 0.2) is 0 Å². The van der Waals surface area contributed by atoms with Crippen molar-refractivity contribution < 1.29 is 0 Å². The van der Waals surface area contributed by atoms with Crippen LogP contribution in [0, 0.1) is 34.5 Å². The number of rotatable bonds is 6. The molecule has 1 nitrogen and oxygen atoms in total. The second-order valence-corrected chi connectivity index (χ2v) is 7.54. The molecular formula is C19H33N. The molecule has 4 atom stereocenters. The van der Waals surface area contributed by atoms with E-state index in [1.807, 2.05) is 0 Å². The first-order chi connectivity index (χ1) is 9.74. The van der Waals surface area contributed by atoms with Crippen LogP contribution in [0.5, 0.6) is 0 Å². The highest BCUT2D eigenvalue weighted by atomic mass is 14.5. The van der Waals surface area contributed by atoms with Gasteiger partial charge in [0, 0.05) is 0 Å². The number of fused-ring (bicyclic) bond motifs is 1. The van der Waals surface area contributed by atoms with E-state index in [4.69, 9.17) is 0 Å². The van der Waals surface area contributed by atoms with Crippen molar-refractivity contribution in [1.29, 1.82) is 5.26 Å². The van der Waals surface area contributed by atoms with Crippen LogP contribution in [0.2, 0.25) is 0 Å². The summed E-state index contributed by atoms with van der Waals surface area (Å²) in [6.07, 6.45) is 16.0. The van der Waals surface area contributed by atoms with Crippen LogP contribution < -0.4 is 0 Å². The van der Waals surface area contributed by atoms with Crippen LogP contribution in [0.25, 0.3) is 0 Å². The molecule has 0 aromatic carbocycles. The smallest absolute Gasteiger partial charge is 0.0692 e. The average molecular weight is 275 g/mol. The average Bonchev–Trinajstić information content (AvgIpc) is 2.48. The summed E-state index contributed by atoms with van der Waals surface area (Å²) in [5.74, 6) is 2.49. The molecule has 0 aliphatic heterocycles. The van der Waals surface area contributed by atoms with Gasteiger partial charge in [-0.1, -0.05) is 58.8 Å². The molecular weight excluding hydrogens is 242 g/mol. The van der Waals surface area contributed by atoms with E-state index in [1.54, 1.807) is 0 Å². The first-order valence-corrected chi connectivity index (χ1v) is 9.15. The molecule has 2 fully saturated rings. The highest BCUT2D eigenvalue weighted by Gasteiger charge is 2.47. The second-order valence-electron chi connectivity index (χ2n) is 7.54. The van der Waals surface area contributed by atoms with Crippen LogP contribution >= 0.6 is 0 Å². The van der Waals surface area contributed by atoms with E-state index in [0.717, 1.165) is 17.8 Å². The molecule has 0 amide bonds. The predicted molar refractivity (Wildman–Crippen MR) is 85.3 cm³/mol. The summed E-state index contributed by atoms with van der Waals surface area (Å²) in [6.45, 7) is 4.58. The van der Waals surface area contributed by atoms with Gasteiger partial charge in [0.1, 0.15) is 0 Å². The standard InChI is InChI=1S/C19H33N/c1-3-5-6-8-16-11-12-19(15-20)14-17(7-4-2)9-10-18(19)13-16/h16-18H,3-14H2,1-2H3/t16?,17-,18-,19?/m1/s1. The number of nitrogens with zero attached hydrogens (tertiary/aromatic N) is 1. The molecule has 2 aliphatic rings. The van der Waals surface area contributed by atoms with Crippen molar-refractivity contribution in [3.05, 3.63) is 0 Å². The lowest BCUT2D eigenvalue weighted by molar-refractivity contribution is 0.0371. The molecule has 0 radical (unpaired) electrons. The number of nitriles is 1. The highest BCUT2D eigenvalue weighted by molar-refractivity contribution is 5.08. The summed E-state index contributed by atoms with van der Waals surface area (Å²) in [7, 11) is 0. The zero-order chi connectivity index (χ0) is 14.4. The third-order valence-electron chi connectivity index (χ3n) is 6.11. The fourth-order valence-corrected chi connectivity index (χ4v) is 4.92. The van der Waals surface area contributed by atoms with Gasteiger partial charge >= 0.3 is 0 Å². The van der Waals surface area contributed by atoms with Crippen LogP contribution in [0.3, 0.4) is 0 Å². The molecule has 0 saturated heterocycles. The first-order valence-electron chi connectivity index (χ1n) is 9.15. The van der Waals surface area contributed by atoms with Crippen molar-refractivity contribution in [2.24, 2.45) is 23.2 Å². The summed E-state index contributed by atoms with van der Waals surface area (Å²) in [6, 6.07) is 2.80. The van der Waals surface area contributed by atoms with Gasteiger partial charge in [0.15, 0.2) is 0 Å². The third-order valence-corrected chi connectivity index (χ3v) is 6.11. The molecule has 0 aromatic heterocycles. The van der Waals surface area contributed by atoms with Gasteiger partial charge in [-0.15, -0.1) is 0 Å². The minimum atomic E-state index is 0.0688. The zero-order valence-corrected chi connectivity index (χ0v) is 13.7. The summed E-state index contributed by atoms with van der Waals surface area (Å²) < 4.78 is 0. The minimum absolute atomic E-state index is 0.0688. The summed E-state index contributed by atoms with van der Waals surface area (Å²) in [5.41, 5.74) is 0.0688. The lowest BCUT2D eigenvalue weighted by Crippen LogP contribution is -2.40. The minimum Gasteiger partial charge on any atom is -0.198 e. The fraction of sp³-hybridized carbons (Fsp3) is 0.947. The normalized spacial score (nSPS) is 37.1. The van der Waals surface area contributed by atoms with E-state index in [-0.39, 0.29) is 5.41 Å². The van der Waals surface area contributed by atoms with Crippen molar-refractivity contribution in [2.75, 3.05) is 0 Å². The number of unbranched alkanes of at least 4 members (excludes halogenated alkanes) is 2. The van der Waals surface area contributed by atoms with Gasteiger partial charge < -0.3 is 0 Å². The van der Waals surface area contributed by atoms with Crippen molar-refractivity contribution in [1.82, 2.24) is 0 Å². The molecule has 0 bridgehead atoms. The van der Waals surface area contributed by atoms with Crippen molar-refractivity contribution in [2.45, 2.75) is 90.9 Å². The highest BCUT2D eigenvalue weighted by Crippen LogP contribution is 2.54. The quantitative estimate of drug-likeness (QED) is 0.538. The molecule has 2 unspecified atom stereocenters. The molecule has 0 N–H and O–H groups in total. The Morgan fingerprint density at radius 2 is 1.85 bits per heavy atom. The van der Waals surface area contributed by atoms with Crippen molar-refractivity contribution in [3.8, 4) is 6.07 Å². The van der Waals surface area contributed by atoms with Gasteiger partial charge in [0.2, 0.25) is 0 Å². The predicted octanol–water partition coefficient (Wildman–Crippen LogP) is 6.09. The van der Waals surface area contributed by atoms with Gasteiger partial charge in [-0.05, 0) is 49.9 Å². The van der Waals surface area contributed by atoms with Gasteiger partial charge in [-0.25, -0.2) is 0 Å². The molecule has 2 saturated carbocycles. The summed E-state index contributed by atoms with van der Waals surface area (Å²) in [5, 5.41) is 9.81. The molecule has 0 aromatic rings. The summed E-state index contributed by atoms with van der Waals surface area (Å²) in [4.78, 5) is 0. The van der Waals surface area contributed by atoms with Gasteiger partial charge in [0.05, 0.1) is 11.5 Å². The Bertz CT molecular complexity index is 329. The lowest BCUT2D eigenvalue weighted by Gasteiger charge is -2.48. The van der Waals surface area contributed by atoms with E-state index in [9.17, 15) is 5.26 Å². The van der Waals surface area contributed by atoms with E-state index >= 15 is 0 Å². The number of hydrogen-bond donors (Lipinski definition) is 0. The van der Waals surface area contributed by atoms with Crippen molar-refractivity contribution >= 4 is 0 Å². The molecule has 1 heteroatoms. The molecule has 0 heterocycles. The monoisotopic (exact) mass is 275 g/mol. The van der Waals surface area contributed by atoms with E-state index in [0.29, 0.717) is 0 Å². The van der Waals surface area contributed by atoms with Crippen LogP contribution in [0.4, 0.5) is 0 Å². The Labute approximate surface area is 126 Å². The zero-order valence-electron chi connectivity index (χ0n) is 13.7. The Hall–Kier alpha value is -0.510. The Balaban J connectivity index is 1.91. The maximum atomic E-state index is 9.81. The largest absolute Gasteiger partial charge is 0.198 e. The second kappa shape index (κ2) is 7.48.